The Hall–Kier alpha value is -2.14. The third kappa shape index (κ3) is 42.5. The number of aliphatic hydroxyl groups excluding tert-OH is 1. The van der Waals surface area contributed by atoms with Crippen molar-refractivity contribution in [3.8, 4) is 0 Å². The van der Waals surface area contributed by atoms with Crippen LogP contribution < -0.4 is 0 Å². The third-order valence-corrected chi connectivity index (χ3v) is 6.88. The first-order valence-corrected chi connectivity index (χ1v) is 16.7. The van der Waals surface area contributed by atoms with Gasteiger partial charge in [0.1, 0.15) is 0 Å². The molecule has 0 amide bonds. The Morgan fingerprint density at radius 3 is 1.66 bits per heavy atom. The van der Waals surface area contributed by atoms with E-state index in [1.807, 2.05) is 6.08 Å². The Labute approximate surface area is 252 Å². The number of aliphatic carboxylic acids is 2. The first kappa shape index (κ1) is 41.0. The standard InChI is InChI=1S/C18H32O3.C18H32O2/c1-2-3-4-5-6-8-11-14-17(19)15-12-9-7-10-13-16-18(20)21;1-2-3-4-5-6-7-8-9-10-11-12-13-14-15-16-17-18(19)20/h7,10,13,16-17,19H,2-6,8-9,11-12,14-15H2,1H3,(H,20,21);6-7,9-10H,2-5,8,11-17H2,1H3,(H,19,20)/b10-7+,16-13+;7-6-,10-9-. The summed E-state index contributed by atoms with van der Waals surface area (Å²) in [7, 11) is 0. The number of aliphatic hydroxyl groups is 1. The van der Waals surface area contributed by atoms with Gasteiger partial charge in [-0.05, 0) is 64.2 Å². The number of hydrogen-bond acceptors (Lipinski definition) is 3. The fraction of sp³-hybridized carbons (Fsp3) is 0.722. The van der Waals surface area contributed by atoms with E-state index in [0.29, 0.717) is 6.42 Å². The highest BCUT2D eigenvalue weighted by atomic mass is 16.4. The van der Waals surface area contributed by atoms with Crippen LogP contribution in [-0.2, 0) is 9.59 Å². The van der Waals surface area contributed by atoms with Gasteiger partial charge in [-0.2, -0.15) is 0 Å². The average Bonchev–Trinajstić information content (AvgIpc) is 2.94. The van der Waals surface area contributed by atoms with Gasteiger partial charge in [0, 0.05) is 12.5 Å². The predicted molar refractivity (Wildman–Crippen MR) is 175 cm³/mol. The molecule has 5 heteroatoms. The largest absolute Gasteiger partial charge is 0.481 e. The molecule has 0 aliphatic heterocycles. The molecule has 0 bridgehead atoms. The van der Waals surface area contributed by atoms with E-state index in [2.05, 4.69) is 38.2 Å². The van der Waals surface area contributed by atoms with Crippen LogP contribution in [0.3, 0.4) is 0 Å². The van der Waals surface area contributed by atoms with E-state index in [4.69, 9.17) is 10.2 Å². The number of carboxylic acids is 2. The second-order valence-corrected chi connectivity index (χ2v) is 11.0. The molecule has 0 rings (SSSR count). The van der Waals surface area contributed by atoms with E-state index in [0.717, 1.165) is 63.9 Å². The molecule has 0 aromatic carbocycles. The average molecular weight is 577 g/mol. The summed E-state index contributed by atoms with van der Waals surface area (Å²) in [4.78, 5) is 20.5. The molecule has 238 valence electrons. The summed E-state index contributed by atoms with van der Waals surface area (Å²) < 4.78 is 0. The fourth-order valence-corrected chi connectivity index (χ4v) is 4.35. The Balaban J connectivity index is 0. The van der Waals surface area contributed by atoms with Gasteiger partial charge in [0.2, 0.25) is 0 Å². The second kappa shape index (κ2) is 35.9. The van der Waals surface area contributed by atoms with Gasteiger partial charge in [0.05, 0.1) is 6.10 Å². The number of allylic oxidation sites excluding steroid dienone is 7. The predicted octanol–water partition coefficient (Wildman–Crippen LogP) is 10.7. The maximum atomic E-state index is 10.3. The lowest BCUT2D eigenvalue weighted by atomic mass is 10.0. The smallest absolute Gasteiger partial charge is 0.328 e. The van der Waals surface area contributed by atoms with Gasteiger partial charge in [-0.1, -0.05) is 133 Å². The monoisotopic (exact) mass is 576 g/mol. The maximum absolute atomic E-state index is 10.3. The highest BCUT2D eigenvalue weighted by molar-refractivity contribution is 5.80. The lowest BCUT2D eigenvalue weighted by molar-refractivity contribution is -0.137. The lowest BCUT2D eigenvalue weighted by Crippen LogP contribution is -2.05. The lowest BCUT2D eigenvalue weighted by Gasteiger charge is -2.09. The van der Waals surface area contributed by atoms with Gasteiger partial charge < -0.3 is 15.3 Å². The summed E-state index contributed by atoms with van der Waals surface area (Å²) >= 11 is 0. The molecule has 0 saturated carbocycles. The van der Waals surface area contributed by atoms with Crippen LogP contribution in [0.4, 0.5) is 0 Å². The van der Waals surface area contributed by atoms with Crippen LogP contribution >= 0.6 is 0 Å². The van der Waals surface area contributed by atoms with Crippen LogP contribution in [0, 0.1) is 0 Å². The van der Waals surface area contributed by atoms with E-state index < -0.39 is 11.9 Å². The molecular formula is C36H64O5. The van der Waals surface area contributed by atoms with E-state index in [1.54, 1.807) is 6.08 Å². The van der Waals surface area contributed by atoms with Crippen molar-refractivity contribution in [2.24, 2.45) is 0 Å². The molecule has 0 fully saturated rings. The Kier molecular flexibility index (Phi) is 35.9. The molecule has 1 unspecified atom stereocenters. The van der Waals surface area contributed by atoms with Crippen LogP contribution in [0.15, 0.2) is 48.6 Å². The van der Waals surface area contributed by atoms with Crippen molar-refractivity contribution < 1.29 is 24.9 Å². The molecule has 0 heterocycles. The molecule has 0 aliphatic rings. The summed E-state index contributed by atoms with van der Waals surface area (Å²) in [6, 6.07) is 0. The molecule has 0 aliphatic carbocycles. The number of carboxylic acid groups (broad SMARTS) is 2. The van der Waals surface area contributed by atoms with Gasteiger partial charge in [-0.3, -0.25) is 4.79 Å². The topological polar surface area (TPSA) is 94.8 Å². The first-order valence-electron chi connectivity index (χ1n) is 16.7. The molecule has 0 spiro atoms. The van der Waals surface area contributed by atoms with Crippen LogP contribution in [0.1, 0.15) is 162 Å². The van der Waals surface area contributed by atoms with E-state index in [-0.39, 0.29) is 6.10 Å². The Morgan fingerprint density at radius 1 is 0.561 bits per heavy atom. The number of carbonyl (C=O) groups is 2. The van der Waals surface area contributed by atoms with Crippen molar-refractivity contribution in [2.45, 2.75) is 168 Å². The zero-order valence-corrected chi connectivity index (χ0v) is 26.6. The van der Waals surface area contributed by atoms with Crippen molar-refractivity contribution in [3.63, 3.8) is 0 Å². The summed E-state index contributed by atoms with van der Waals surface area (Å²) in [5.74, 6) is -1.60. The van der Waals surface area contributed by atoms with E-state index >= 15 is 0 Å². The van der Waals surface area contributed by atoms with E-state index in [9.17, 15) is 14.7 Å². The Bertz CT molecular complexity index is 677. The minimum absolute atomic E-state index is 0.177. The number of hydrogen-bond donors (Lipinski definition) is 3. The fourth-order valence-electron chi connectivity index (χ4n) is 4.35. The van der Waals surface area contributed by atoms with Crippen LogP contribution in [0.2, 0.25) is 0 Å². The van der Waals surface area contributed by atoms with Gasteiger partial charge in [0.25, 0.3) is 0 Å². The molecule has 1 atom stereocenters. The van der Waals surface area contributed by atoms with Gasteiger partial charge in [-0.25, -0.2) is 4.79 Å². The molecule has 41 heavy (non-hydrogen) atoms. The van der Waals surface area contributed by atoms with Gasteiger partial charge >= 0.3 is 11.9 Å². The quantitative estimate of drug-likeness (QED) is 0.0373. The minimum atomic E-state index is -0.926. The normalized spacial score (nSPS) is 12.5. The molecule has 0 radical (unpaired) electrons. The van der Waals surface area contributed by atoms with Crippen molar-refractivity contribution in [1.29, 1.82) is 0 Å². The van der Waals surface area contributed by atoms with Crippen LogP contribution in [0.5, 0.6) is 0 Å². The number of unbranched alkanes of at least 4 members (excludes halogenated alkanes) is 15. The zero-order valence-electron chi connectivity index (χ0n) is 26.6. The zero-order chi connectivity index (χ0) is 30.7. The molecule has 5 nitrogen and oxygen atoms in total. The molecule has 0 aromatic rings. The molecule has 3 N–H and O–H groups in total. The SMILES string of the molecule is CCCCC/C=C\C/C=C\CCCCCCCC(=O)O.CCCCCCCCCC(O)CCC/C=C/C=C/C(=O)O. The van der Waals surface area contributed by atoms with Crippen molar-refractivity contribution >= 4 is 11.9 Å². The number of rotatable bonds is 28. The van der Waals surface area contributed by atoms with Gasteiger partial charge in [-0.15, -0.1) is 0 Å². The second-order valence-electron chi connectivity index (χ2n) is 11.0. The summed E-state index contributed by atoms with van der Waals surface area (Å²) in [6.45, 7) is 4.46. The molecule has 0 saturated heterocycles. The summed E-state index contributed by atoms with van der Waals surface area (Å²) in [5.41, 5.74) is 0. The summed E-state index contributed by atoms with van der Waals surface area (Å²) in [5, 5.41) is 26.8. The third-order valence-electron chi connectivity index (χ3n) is 6.88. The molecule has 0 aromatic heterocycles. The highest BCUT2D eigenvalue weighted by Crippen LogP contribution is 2.13. The first-order chi connectivity index (χ1) is 19.9. The maximum Gasteiger partial charge on any atom is 0.328 e. The molecular weight excluding hydrogens is 512 g/mol. The van der Waals surface area contributed by atoms with Crippen LogP contribution in [-0.4, -0.2) is 33.4 Å². The highest BCUT2D eigenvalue weighted by Gasteiger charge is 2.02. The van der Waals surface area contributed by atoms with Crippen molar-refractivity contribution in [3.05, 3.63) is 48.6 Å². The van der Waals surface area contributed by atoms with Gasteiger partial charge in [0.15, 0.2) is 0 Å². The van der Waals surface area contributed by atoms with Crippen molar-refractivity contribution in [2.75, 3.05) is 0 Å². The summed E-state index contributed by atoms with van der Waals surface area (Å²) in [6.07, 6.45) is 41.0. The van der Waals surface area contributed by atoms with Crippen LogP contribution in [0.25, 0.3) is 0 Å². The Morgan fingerprint density at radius 2 is 1.05 bits per heavy atom. The minimum Gasteiger partial charge on any atom is -0.481 e. The van der Waals surface area contributed by atoms with E-state index in [1.165, 1.54) is 89.5 Å². The van der Waals surface area contributed by atoms with Crippen molar-refractivity contribution in [1.82, 2.24) is 0 Å².